The number of anilines is 1. The summed E-state index contributed by atoms with van der Waals surface area (Å²) in [6.07, 6.45) is 0.731. The van der Waals surface area contributed by atoms with E-state index in [-0.39, 0.29) is 29.1 Å². The number of halogens is 1. The van der Waals surface area contributed by atoms with E-state index in [2.05, 4.69) is 21.2 Å². The van der Waals surface area contributed by atoms with Gasteiger partial charge >= 0.3 is 0 Å². The zero-order valence-electron chi connectivity index (χ0n) is 22.5. The zero-order valence-corrected chi connectivity index (χ0v) is 24.9. The Kier molecular flexibility index (Phi) is 10.5. The Bertz CT molecular complexity index is 1380. The molecule has 0 fully saturated rings. The van der Waals surface area contributed by atoms with Crippen molar-refractivity contribution in [3.05, 3.63) is 88.9 Å². The average Bonchev–Trinajstić information content (AvgIpc) is 2.94. The molecule has 3 aromatic carbocycles. The number of carbonyl (C=O) groups is 2. The Balaban J connectivity index is 2.05. The Labute approximate surface area is 239 Å². The topological polar surface area (TPSA) is 96.0 Å². The first kappa shape index (κ1) is 30.2. The van der Waals surface area contributed by atoms with E-state index in [1.54, 1.807) is 49.4 Å². The van der Waals surface area contributed by atoms with E-state index in [1.165, 1.54) is 24.1 Å². The van der Waals surface area contributed by atoms with E-state index < -0.39 is 28.5 Å². The second-order valence-corrected chi connectivity index (χ2v) is 11.9. The van der Waals surface area contributed by atoms with Crippen molar-refractivity contribution in [2.75, 3.05) is 18.0 Å². The first-order valence-electron chi connectivity index (χ1n) is 12.6. The molecule has 0 aliphatic heterocycles. The van der Waals surface area contributed by atoms with Crippen LogP contribution in [-0.2, 0) is 26.2 Å². The summed E-state index contributed by atoms with van der Waals surface area (Å²) >= 11 is 3.45. The molecule has 0 radical (unpaired) electrons. The lowest BCUT2D eigenvalue weighted by molar-refractivity contribution is -0.139. The zero-order chi connectivity index (χ0) is 28.6. The summed E-state index contributed by atoms with van der Waals surface area (Å²) in [5.74, 6) is -0.555. The number of ether oxygens (including phenoxy) is 1. The van der Waals surface area contributed by atoms with Crippen molar-refractivity contribution in [3.63, 3.8) is 0 Å². The first-order valence-corrected chi connectivity index (χ1v) is 14.9. The molecule has 39 heavy (non-hydrogen) atoms. The third-order valence-corrected chi connectivity index (χ3v) is 8.64. The van der Waals surface area contributed by atoms with Gasteiger partial charge in [0.1, 0.15) is 18.3 Å². The molecular formula is C29H34BrN3O5S. The summed E-state index contributed by atoms with van der Waals surface area (Å²) in [4.78, 5) is 28.5. The molecule has 0 saturated heterocycles. The van der Waals surface area contributed by atoms with Crippen molar-refractivity contribution < 1.29 is 22.7 Å². The van der Waals surface area contributed by atoms with Crippen LogP contribution < -0.4 is 14.4 Å². The maximum absolute atomic E-state index is 14.0. The van der Waals surface area contributed by atoms with Crippen LogP contribution in [0.4, 0.5) is 5.69 Å². The molecule has 0 aromatic heterocycles. The number of nitrogens with one attached hydrogen (secondary N) is 1. The summed E-state index contributed by atoms with van der Waals surface area (Å²) in [6, 6.07) is 21.0. The molecule has 8 nitrogen and oxygen atoms in total. The minimum atomic E-state index is -4.17. The number of carbonyl (C=O) groups excluding carboxylic acids is 2. The smallest absolute Gasteiger partial charge is 0.264 e. The molecule has 1 N–H and O–H groups in total. The van der Waals surface area contributed by atoms with Gasteiger partial charge in [0, 0.05) is 17.1 Å². The van der Waals surface area contributed by atoms with E-state index in [4.69, 9.17) is 4.74 Å². The number of nitrogens with zero attached hydrogens (tertiary/aromatic N) is 2. The summed E-state index contributed by atoms with van der Waals surface area (Å²) in [6.45, 7) is 5.07. The second kappa shape index (κ2) is 13.6. The number of benzene rings is 3. The van der Waals surface area contributed by atoms with Crippen molar-refractivity contribution in [1.29, 1.82) is 0 Å². The first-order chi connectivity index (χ1) is 18.6. The van der Waals surface area contributed by atoms with Crippen molar-refractivity contribution in [1.82, 2.24) is 10.2 Å². The fourth-order valence-corrected chi connectivity index (χ4v) is 5.84. The molecule has 0 bridgehead atoms. The van der Waals surface area contributed by atoms with Crippen LogP contribution in [-0.4, -0.2) is 50.9 Å². The maximum Gasteiger partial charge on any atom is 0.264 e. The normalized spacial score (nSPS) is 12.7. The molecule has 0 heterocycles. The van der Waals surface area contributed by atoms with Crippen molar-refractivity contribution in [3.8, 4) is 5.75 Å². The van der Waals surface area contributed by atoms with Crippen molar-refractivity contribution >= 4 is 43.5 Å². The fourth-order valence-electron chi connectivity index (χ4n) is 3.95. The summed E-state index contributed by atoms with van der Waals surface area (Å²) in [5.41, 5.74) is 1.01. The lowest BCUT2D eigenvalue weighted by Gasteiger charge is -2.32. The molecule has 0 spiro atoms. The van der Waals surface area contributed by atoms with Gasteiger partial charge in [-0.15, -0.1) is 0 Å². The monoisotopic (exact) mass is 615 g/mol. The molecule has 0 saturated carbocycles. The quantitative estimate of drug-likeness (QED) is 0.310. The van der Waals surface area contributed by atoms with Crippen LogP contribution in [0.25, 0.3) is 0 Å². The van der Waals surface area contributed by atoms with Crippen LogP contribution in [0.15, 0.2) is 88.2 Å². The number of amides is 2. The molecule has 208 valence electrons. The number of sulfonamides is 1. The van der Waals surface area contributed by atoms with Gasteiger partial charge in [-0.2, -0.15) is 0 Å². The van der Waals surface area contributed by atoms with Gasteiger partial charge in [-0.3, -0.25) is 13.9 Å². The second-order valence-electron chi connectivity index (χ2n) is 9.14. The predicted molar refractivity (Wildman–Crippen MR) is 156 cm³/mol. The Morgan fingerprint density at radius 3 is 2.28 bits per heavy atom. The molecule has 0 aliphatic carbocycles. The van der Waals surface area contributed by atoms with E-state index >= 15 is 0 Å². The summed E-state index contributed by atoms with van der Waals surface area (Å²) < 4.78 is 35.0. The van der Waals surface area contributed by atoms with Gasteiger partial charge < -0.3 is 15.0 Å². The largest absolute Gasteiger partial charge is 0.495 e. The Morgan fingerprint density at radius 2 is 1.64 bits per heavy atom. The predicted octanol–water partition coefficient (Wildman–Crippen LogP) is 4.99. The highest BCUT2D eigenvalue weighted by atomic mass is 79.9. The van der Waals surface area contributed by atoms with Gasteiger partial charge in [-0.05, 0) is 62.2 Å². The third kappa shape index (κ3) is 7.60. The lowest BCUT2D eigenvalue weighted by Crippen LogP contribution is -2.52. The fraction of sp³-hybridized carbons (Fsp3) is 0.310. The van der Waals surface area contributed by atoms with E-state index in [0.29, 0.717) is 5.75 Å². The van der Waals surface area contributed by atoms with Crippen LogP contribution >= 0.6 is 15.9 Å². The number of para-hydroxylation sites is 2. The van der Waals surface area contributed by atoms with Crippen molar-refractivity contribution in [2.24, 2.45) is 0 Å². The molecule has 3 aromatic rings. The lowest BCUT2D eigenvalue weighted by atomic mass is 10.1. The molecule has 0 aliphatic rings. The highest BCUT2D eigenvalue weighted by Gasteiger charge is 2.33. The highest BCUT2D eigenvalue weighted by molar-refractivity contribution is 9.10. The number of methoxy groups -OCH3 is 1. The Morgan fingerprint density at radius 1 is 0.974 bits per heavy atom. The molecule has 3 rings (SSSR count). The maximum atomic E-state index is 14.0. The van der Waals surface area contributed by atoms with Gasteiger partial charge in [0.05, 0.1) is 17.7 Å². The standard InChI is InChI=1S/C29H34BrN3O5S/c1-5-21(2)31-29(35)22(3)32(19-23-12-11-13-24(30)18-23)28(34)20-33(26-16-9-10-17-27(26)38-4)39(36,37)25-14-7-6-8-15-25/h6-18,21-22H,5,19-20H2,1-4H3,(H,31,35). The van der Waals surface area contributed by atoms with Crippen LogP contribution in [0.1, 0.15) is 32.8 Å². The third-order valence-electron chi connectivity index (χ3n) is 6.37. The number of rotatable bonds is 12. The van der Waals surface area contributed by atoms with Gasteiger partial charge in [0.15, 0.2) is 0 Å². The van der Waals surface area contributed by atoms with Crippen LogP contribution in [0.3, 0.4) is 0 Å². The molecule has 10 heteroatoms. The number of hydrogen-bond donors (Lipinski definition) is 1. The van der Waals surface area contributed by atoms with E-state index in [1.807, 2.05) is 38.1 Å². The van der Waals surface area contributed by atoms with Gasteiger partial charge in [0.2, 0.25) is 11.8 Å². The van der Waals surface area contributed by atoms with Gasteiger partial charge in [-0.1, -0.05) is 65.3 Å². The van der Waals surface area contributed by atoms with Crippen molar-refractivity contribution in [2.45, 2.75) is 50.7 Å². The van der Waals surface area contributed by atoms with Gasteiger partial charge in [-0.25, -0.2) is 8.42 Å². The van der Waals surface area contributed by atoms with E-state index in [9.17, 15) is 18.0 Å². The molecule has 2 amide bonds. The minimum Gasteiger partial charge on any atom is -0.495 e. The Hall–Kier alpha value is -3.37. The van der Waals surface area contributed by atoms with Gasteiger partial charge in [0.25, 0.3) is 10.0 Å². The van der Waals surface area contributed by atoms with Crippen LogP contribution in [0.5, 0.6) is 5.75 Å². The average molecular weight is 617 g/mol. The summed E-state index contributed by atoms with van der Waals surface area (Å²) in [7, 11) is -2.73. The van der Waals surface area contributed by atoms with Crippen LogP contribution in [0.2, 0.25) is 0 Å². The SMILES string of the molecule is CCC(C)NC(=O)C(C)N(Cc1cccc(Br)c1)C(=O)CN(c1ccccc1OC)S(=O)(=O)c1ccccc1. The minimum absolute atomic E-state index is 0.0322. The molecule has 2 atom stereocenters. The highest BCUT2D eigenvalue weighted by Crippen LogP contribution is 2.32. The van der Waals surface area contributed by atoms with Crippen LogP contribution in [0, 0.1) is 0 Å². The molecule has 2 unspecified atom stereocenters. The molecular weight excluding hydrogens is 582 g/mol. The van der Waals surface area contributed by atoms with E-state index in [0.717, 1.165) is 20.8 Å². The number of hydrogen-bond acceptors (Lipinski definition) is 5. The summed E-state index contributed by atoms with van der Waals surface area (Å²) in [5, 5.41) is 2.93.